The predicted molar refractivity (Wildman–Crippen MR) is 122 cm³/mol. The molecule has 2 N–H and O–H groups in total. The van der Waals surface area contributed by atoms with Crippen LogP contribution in [0.4, 0.5) is 0 Å². The minimum Gasteiger partial charge on any atom is -0.357 e. The largest absolute Gasteiger partial charge is 0.357 e. The van der Waals surface area contributed by atoms with Crippen LogP contribution in [0.25, 0.3) is 0 Å². The summed E-state index contributed by atoms with van der Waals surface area (Å²) in [6.07, 6.45) is 0.638. The van der Waals surface area contributed by atoms with Crippen LogP contribution in [-0.2, 0) is 19.4 Å². The van der Waals surface area contributed by atoms with Crippen molar-refractivity contribution in [1.82, 2.24) is 20.4 Å². The van der Waals surface area contributed by atoms with Gasteiger partial charge < -0.3 is 20.4 Å². The van der Waals surface area contributed by atoms with Gasteiger partial charge in [-0.3, -0.25) is 14.6 Å². The summed E-state index contributed by atoms with van der Waals surface area (Å²) in [5.74, 6) is 0.522. The van der Waals surface area contributed by atoms with Crippen LogP contribution in [0, 0.1) is 0 Å². The molecule has 9 nitrogen and oxygen atoms in total. The fraction of sp³-hybridized carbons (Fsp3) is 0.824. The van der Waals surface area contributed by atoms with Crippen LogP contribution in [0.5, 0.6) is 0 Å². The lowest BCUT2D eigenvalue weighted by atomic mass is 10.2. The first-order valence-corrected chi connectivity index (χ1v) is 11.3. The second-order valence-corrected chi connectivity index (χ2v) is 8.80. The summed E-state index contributed by atoms with van der Waals surface area (Å²) in [4.78, 5) is 32.1. The third-order valence-electron chi connectivity index (χ3n) is 4.38. The second-order valence-electron chi connectivity index (χ2n) is 6.58. The fourth-order valence-corrected chi connectivity index (χ4v) is 4.57. The van der Waals surface area contributed by atoms with E-state index in [-0.39, 0.29) is 72.8 Å². The Morgan fingerprint density at radius 3 is 2.32 bits per heavy atom. The van der Waals surface area contributed by atoms with Crippen LogP contribution in [0.15, 0.2) is 4.99 Å². The van der Waals surface area contributed by atoms with Crippen molar-refractivity contribution in [3.8, 4) is 0 Å². The fourth-order valence-electron chi connectivity index (χ4n) is 2.90. The molecule has 1 aliphatic rings. The first-order valence-electron chi connectivity index (χ1n) is 9.49. The van der Waals surface area contributed by atoms with E-state index < -0.39 is 9.84 Å². The molecule has 1 fully saturated rings. The third kappa shape index (κ3) is 9.39. The van der Waals surface area contributed by atoms with Crippen LogP contribution >= 0.6 is 24.0 Å². The molecule has 0 aliphatic carbocycles. The normalized spacial score (nSPS) is 18.1. The highest BCUT2D eigenvalue weighted by molar-refractivity contribution is 14.0. The molecule has 0 aromatic carbocycles. The van der Waals surface area contributed by atoms with E-state index in [0.29, 0.717) is 32.0 Å². The number of aliphatic imine (C=N–C) groups is 1. The molecule has 164 valence electrons. The molecular formula is C17H34IN5O4S. The maximum Gasteiger partial charge on any atom is 0.242 e. The predicted octanol–water partition coefficient (Wildman–Crippen LogP) is 0.0635. The van der Waals surface area contributed by atoms with Crippen molar-refractivity contribution in [1.29, 1.82) is 0 Å². The Balaban J connectivity index is 0.00000729. The van der Waals surface area contributed by atoms with Crippen molar-refractivity contribution >= 4 is 51.6 Å². The summed E-state index contributed by atoms with van der Waals surface area (Å²) >= 11 is 0. The van der Waals surface area contributed by atoms with Gasteiger partial charge >= 0.3 is 0 Å². The monoisotopic (exact) mass is 531 g/mol. The molecule has 0 aromatic rings. The molecule has 1 atom stereocenters. The number of halogens is 1. The summed E-state index contributed by atoms with van der Waals surface area (Å²) in [6, 6.07) is -0.297. The molecule has 2 amide bonds. The highest BCUT2D eigenvalue weighted by Crippen LogP contribution is 2.11. The number of carbonyl (C=O) groups excluding carboxylic acids is 2. The van der Waals surface area contributed by atoms with E-state index in [1.165, 1.54) is 0 Å². The summed E-state index contributed by atoms with van der Waals surface area (Å²) in [7, 11) is -1.23. The number of guanidine groups is 1. The molecule has 28 heavy (non-hydrogen) atoms. The van der Waals surface area contributed by atoms with Crippen molar-refractivity contribution in [3.63, 3.8) is 0 Å². The van der Waals surface area contributed by atoms with Crippen molar-refractivity contribution in [2.75, 3.05) is 51.3 Å². The molecule has 1 aliphatic heterocycles. The van der Waals surface area contributed by atoms with Crippen LogP contribution in [0.3, 0.4) is 0 Å². The highest BCUT2D eigenvalue weighted by Gasteiger charge is 2.28. The summed E-state index contributed by atoms with van der Waals surface area (Å²) in [6.45, 7) is 8.25. The lowest BCUT2D eigenvalue weighted by Crippen LogP contribution is -2.45. The number of sulfone groups is 1. The SMILES string of the molecule is CCNC(=NCCC(=O)NC1CCS(=O)(=O)C1)N(C)CC(=O)N(CC)CC.I. The van der Waals surface area contributed by atoms with Crippen molar-refractivity contribution in [2.45, 2.75) is 39.7 Å². The van der Waals surface area contributed by atoms with Gasteiger partial charge in [-0.05, 0) is 27.2 Å². The molecule has 0 radical (unpaired) electrons. The highest BCUT2D eigenvalue weighted by atomic mass is 127. The van der Waals surface area contributed by atoms with Gasteiger partial charge in [0.2, 0.25) is 11.8 Å². The van der Waals surface area contributed by atoms with Gasteiger partial charge in [-0.25, -0.2) is 8.42 Å². The minimum absolute atomic E-state index is 0. The van der Waals surface area contributed by atoms with Crippen LogP contribution in [0.1, 0.15) is 33.6 Å². The van der Waals surface area contributed by atoms with Crippen molar-refractivity contribution in [2.24, 2.45) is 4.99 Å². The minimum atomic E-state index is -3.01. The van der Waals surface area contributed by atoms with Gasteiger partial charge in [-0.15, -0.1) is 24.0 Å². The molecule has 0 aromatic heterocycles. The average molecular weight is 531 g/mol. The quantitative estimate of drug-likeness (QED) is 0.248. The Morgan fingerprint density at radius 2 is 1.82 bits per heavy atom. The molecule has 0 bridgehead atoms. The third-order valence-corrected chi connectivity index (χ3v) is 6.15. The first-order chi connectivity index (χ1) is 12.7. The topological polar surface area (TPSA) is 111 Å². The van der Waals surface area contributed by atoms with E-state index in [4.69, 9.17) is 0 Å². The zero-order chi connectivity index (χ0) is 20.4. The summed E-state index contributed by atoms with van der Waals surface area (Å²) in [5, 5.41) is 5.86. The maximum absolute atomic E-state index is 12.2. The second kappa shape index (κ2) is 13.2. The van der Waals surface area contributed by atoms with Crippen LogP contribution < -0.4 is 10.6 Å². The van der Waals surface area contributed by atoms with E-state index in [9.17, 15) is 18.0 Å². The number of hydrogen-bond acceptors (Lipinski definition) is 5. The number of nitrogens with zero attached hydrogens (tertiary/aromatic N) is 3. The average Bonchev–Trinajstić information content (AvgIpc) is 2.93. The lowest BCUT2D eigenvalue weighted by molar-refractivity contribution is -0.131. The Morgan fingerprint density at radius 1 is 1.18 bits per heavy atom. The van der Waals surface area contributed by atoms with Gasteiger partial charge in [0.1, 0.15) is 0 Å². The summed E-state index contributed by atoms with van der Waals surface area (Å²) < 4.78 is 22.9. The van der Waals surface area contributed by atoms with Gasteiger partial charge in [-0.2, -0.15) is 0 Å². The molecule has 11 heteroatoms. The van der Waals surface area contributed by atoms with Crippen molar-refractivity contribution in [3.05, 3.63) is 0 Å². The van der Waals surface area contributed by atoms with E-state index in [1.54, 1.807) is 16.8 Å². The number of amides is 2. The number of likely N-dealkylation sites (N-methyl/N-ethyl adjacent to an activating group) is 2. The van der Waals surface area contributed by atoms with E-state index in [2.05, 4.69) is 15.6 Å². The number of rotatable bonds is 9. The molecule has 1 rings (SSSR count). The first kappa shape index (κ1) is 26.9. The van der Waals surface area contributed by atoms with Gasteiger partial charge in [0.15, 0.2) is 15.8 Å². The van der Waals surface area contributed by atoms with Gasteiger partial charge in [0, 0.05) is 39.1 Å². The lowest BCUT2D eigenvalue weighted by Gasteiger charge is -2.25. The zero-order valence-corrected chi connectivity index (χ0v) is 20.4. The molecule has 0 spiro atoms. The molecular weight excluding hydrogens is 497 g/mol. The summed E-state index contributed by atoms with van der Waals surface area (Å²) in [5.41, 5.74) is 0. The standard InChI is InChI=1S/C17H33N5O4S.HI/c1-5-18-17(21(4)12-16(24)22(6-2)7-3)19-10-8-15(23)20-14-9-11-27(25,26)13-14;/h14H,5-13H2,1-4H3,(H,18,19)(H,20,23);1H. The number of nitrogens with one attached hydrogen (secondary N) is 2. The van der Waals surface area contributed by atoms with E-state index in [0.717, 1.165) is 0 Å². The Bertz CT molecular complexity index is 637. The molecule has 1 saturated heterocycles. The number of hydrogen-bond donors (Lipinski definition) is 2. The molecule has 1 heterocycles. The van der Waals surface area contributed by atoms with Gasteiger partial charge in [0.25, 0.3) is 0 Å². The van der Waals surface area contributed by atoms with E-state index in [1.807, 2.05) is 20.8 Å². The van der Waals surface area contributed by atoms with Gasteiger partial charge in [-0.1, -0.05) is 0 Å². The van der Waals surface area contributed by atoms with Crippen LogP contribution in [0.2, 0.25) is 0 Å². The maximum atomic E-state index is 12.2. The van der Waals surface area contributed by atoms with E-state index >= 15 is 0 Å². The smallest absolute Gasteiger partial charge is 0.242 e. The Labute approximate surface area is 185 Å². The van der Waals surface area contributed by atoms with Crippen molar-refractivity contribution < 1.29 is 18.0 Å². The Kier molecular flexibility index (Phi) is 12.7. The molecule has 0 saturated carbocycles. The Hall–Kier alpha value is -1.11. The zero-order valence-electron chi connectivity index (χ0n) is 17.2. The van der Waals surface area contributed by atoms with Gasteiger partial charge in [0.05, 0.1) is 24.6 Å². The van der Waals surface area contributed by atoms with Crippen LogP contribution in [-0.4, -0.2) is 93.3 Å². The number of carbonyl (C=O) groups is 2. The molecule has 1 unspecified atom stereocenters.